The molecular formula is C17H26N2O2. The number of hydrogen-bond donors (Lipinski definition) is 1. The predicted octanol–water partition coefficient (Wildman–Crippen LogP) is 2.08. The highest BCUT2D eigenvalue weighted by molar-refractivity contribution is 6.00. The van der Waals surface area contributed by atoms with Crippen molar-refractivity contribution in [2.24, 2.45) is 5.92 Å². The summed E-state index contributed by atoms with van der Waals surface area (Å²) in [5, 5.41) is 3.03. The Kier molecular flexibility index (Phi) is 4.61. The van der Waals surface area contributed by atoms with Crippen molar-refractivity contribution in [2.75, 3.05) is 0 Å². The lowest BCUT2D eigenvalue weighted by atomic mass is 9.86. The molecule has 4 nitrogen and oxygen atoms in total. The first-order chi connectivity index (χ1) is 9.96. The van der Waals surface area contributed by atoms with E-state index in [0.29, 0.717) is 0 Å². The molecule has 21 heavy (non-hydrogen) atoms. The molecule has 4 heteroatoms. The van der Waals surface area contributed by atoms with Crippen LogP contribution in [-0.2, 0) is 9.59 Å². The van der Waals surface area contributed by atoms with Crippen molar-refractivity contribution in [2.45, 2.75) is 76.9 Å². The third-order valence-electron chi connectivity index (χ3n) is 4.75. The van der Waals surface area contributed by atoms with Crippen LogP contribution in [0, 0.1) is 18.3 Å². The van der Waals surface area contributed by atoms with E-state index in [1.165, 1.54) is 0 Å². The van der Waals surface area contributed by atoms with Crippen LogP contribution in [0.4, 0.5) is 0 Å². The van der Waals surface area contributed by atoms with Crippen molar-refractivity contribution in [1.82, 2.24) is 10.2 Å². The van der Waals surface area contributed by atoms with Crippen molar-refractivity contribution in [3.63, 3.8) is 0 Å². The molecule has 1 aliphatic heterocycles. The van der Waals surface area contributed by atoms with Gasteiger partial charge in [-0.05, 0) is 25.2 Å². The maximum absolute atomic E-state index is 13.1. The summed E-state index contributed by atoms with van der Waals surface area (Å²) in [6, 6.07) is -0.727. The smallest absolute Gasteiger partial charge is 0.250 e. The standard InChI is InChI=1S/C17H26N2O2/c1-5-9-13(6-2)19-14(12(3)4)15(20)18-17(16(19)21)10-7-8-11-17/h2,12-14H,5,7-11H2,1,3-4H3,(H,18,20). The number of amides is 2. The van der Waals surface area contributed by atoms with Crippen LogP contribution in [0.1, 0.15) is 59.3 Å². The zero-order chi connectivity index (χ0) is 15.6. The lowest BCUT2D eigenvalue weighted by Gasteiger charge is -2.47. The molecule has 2 aliphatic rings. The Balaban J connectivity index is 2.39. The van der Waals surface area contributed by atoms with Crippen LogP contribution in [0.15, 0.2) is 0 Å². The van der Waals surface area contributed by atoms with Crippen LogP contribution >= 0.6 is 0 Å². The van der Waals surface area contributed by atoms with Gasteiger partial charge in [-0.1, -0.05) is 46.0 Å². The van der Waals surface area contributed by atoms with Gasteiger partial charge in [0, 0.05) is 0 Å². The Labute approximate surface area is 127 Å². The minimum absolute atomic E-state index is 0.0368. The number of terminal acetylenes is 1. The van der Waals surface area contributed by atoms with Gasteiger partial charge in [0.15, 0.2) is 0 Å². The maximum atomic E-state index is 13.1. The summed E-state index contributed by atoms with van der Waals surface area (Å²) >= 11 is 0. The zero-order valence-corrected chi connectivity index (χ0v) is 13.3. The SMILES string of the molecule is C#CC(CCC)N1C(=O)C2(CCCC2)NC(=O)C1C(C)C. The Morgan fingerprint density at radius 3 is 2.48 bits per heavy atom. The fraction of sp³-hybridized carbons (Fsp3) is 0.765. The molecule has 2 atom stereocenters. The summed E-state index contributed by atoms with van der Waals surface area (Å²) in [4.78, 5) is 27.4. The minimum Gasteiger partial charge on any atom is -0.340 e. The second kappa shape index (κ2) is 6.09. The summed E-state index contributed by atoms with van der Waals surface area (Å²) in [6.07, 6.45) is 10.8. The molecule has 0 aromatic rings. The molecular weight excluding hydrogens is 264 g/mol. The van der Waals surface area contributed by atoms with E-state index in [0.717, 1.165) is 38.5 Å². The average molecular weight is 290 g/mol. The summed E-state index contributed by atoms with van der Waals surface area (Å²) in [6.45, 7) is 5.99. The molecule has 0 bridgehead atoms. The van der Waals surface area contributed by atoms with Crippen LogP contribution in [-0.4, -0.2) is 34.3 Å². The number of nitrogens with zero attached hydrogens (tertiary/aromatic N) is 1. The third-order valence-corrected chi connectivity index (χ3v) is 4.75. The molecule has 1 saturated carbocycles. The Bertz CT molecular complexity index is 458. The molecule has 116 valence electrons. The van der Waals surface area contributed by atoms with E-state index in [1.807, 2.05) is 13.8 Å². The van der Waals surface area contributed by atoms with Crippen molar-refractivity contribution in [1.29, 1.82) is 0 Å². The van der Waals surface area contributed by atoms with E-state index in [1.54, 1.807) is 4.90 Å². The molecule has 0 radical (unpaired) electrons. The molecule has 2 amide bonds. The summed E-state index contributed by atoms with van der Waals surface area (Å²) < 4.78 is 0. The number of rotatable bonds is 4. The second-order valence-corrected chi connectivity index (χ2v) is 6.65. The molecule has 2 unspecified atom stereocenters. The first-order valence-electron chi connectivity index (χ1n) is 8.07. The van der Waals surface area contributed by atoms with E-state index < -0.39 is 11.6 Å². The highest BCUT2D eigenvalue weighted by Gasteiger charge is 2.54. The first-order valence-corrected chi connectivity index (χ1v) is 8.07. The number of nitrogens with one attached hydrogen (secondary N) is 1. The Morgan fingerprint density at radius 1 is 1.38 bits per heavy atom. The highest BCUT2D eigenvalue weighted by atomic mass is 16.2. The van der Waals surface area contributed by atoms with Gasteiger partial charge in [-0.25, -0.2) is 0 Å². The van der Waals surface area contributed by atoms with E-state index >= 15 is 0 Å². The lowest BCUT2D eigenvalue weighted by Crippen LogP contribution is -2.72. The van der Waals surface area contributed by atoms with Crippen molar-refractivity contribution >= 4 is 11.8 Å². The van der Waals surface area contributed by atoms with Gasteiger partial charge < -0.3 is 10.2 Å². The zero-order valence-electron chi connectivity index (χ0n) is 13.3. The molecule has 1 saturated heterocycles. The first kappa shape index (κ1) is 15.9. The third kappa shape index (κ3) is 2.66. The number of carbonyl (C=O) groups excluding carboxylic acids is 2. The monoisotopic (exact) mass is 290 g/mol. The Morgan fingerprint density at radius 2 is 2.00 bits per heavy atom. The molecule has 2 fully saturated rings. The van der Waals surface area contributed by atoms with Gasteiger partial charge in [0.25, 0.3) is 0 Å². The molecule has 2 rings (SSSR count). The van der Waals surface area contributed by atoms with Crippen LogP contribution in [0.25, 0.3) is 0 Å². The van der Waals surface area contributed by atoms with Gasteiger partial charge in [0.2, 0.25) is 11.8 Å². The highest BCUT2D eigenvalue weighted by Crippen LogP contribution is 2.37. The summed E-state index contributed by atoms with van der Waals surface area (Å²) in [7, 11) is 0. The maximum Gasteiger partial charge on any atom is 0.250 e. The van der Waals surface area contributed by atoms with Gasteiger partial charge in [-0.2, -0.15) is 0 Å². The number of piperazine rings is 1. The summed E-state index contributed by atoms with van der Waals surface area (Å²) in [5.41, 5.74) is -0.689. The molecule has 1 spiro atoms. The van der Waals surface area contributed by atoms with Gasteiger partial charge in [-0.3, -0.25) is 9.59 Å². The predicted molar refractivity (Wildman–Crippen MR) is 82.3 cm³/mol. The van der Waals surface area contributed by atoms with Gasteiger partial charge in [0.1, 0.15) is 11.6 Å². The fourth-order valence-corrected chi connectivity index (χ4v) is 3.72. The topological polar surface area (TPSA) is 49.4 Å². The molecule has 1 aliphatic carbocycles. The largest absolute Gasteiger partial charge is 0.340 e. The quantitative estimate of drug-likeness (QED) is 0.806. The average Bonchev–Trinajstić information content (AvgIpc) is 2.89. The van der Waals surface area contributed by atoms with Crippen LogP contribution < -0.4 is 5.32 Å². The molecule has 0 aromatic heterocycles. The van der Waals surface area contributed by atoms with E-state index in [9.17, 15) is 9.59 Å². The number of hydrogen-bond acceptors (Lipinski definition) is 2. The lowest BCUT2D eigenvalue weighted by molar-refractivity contribution is -0.158. The van der Waals surface area contributed by atoms with Gasteiger partial charge in [0.05, 0.1) is 6.04 Å². The van der Waals surface area contributed by atoms with Crippen LogP contribution in [0.2, 0.25) is 0 Å². The van der Waals surface area contributed by atoms with Crippen LogP contribution in [0.3, 0.4) is 0 Å². The Hall–Kier alpha value is -1.50. The molecule has 1 N–H and O–H groups in total. The minimum atomic E-state index is -0.689. The van der Waals surface area contributed by atoms with Crippen LogP contribution in [0.5, 0.6) is 0 Å². The van der Waals surface area contributed by atoms with E-state index in [4.69, 9.17) is 6.42 Å². The van der Waals surface area contributed by atoms with E-state index in [-0.39, 0.29) is 23.8 Å². The van der Waals surface area contributed by atoms with Crippen molar-refractivity contribution in [3.05, 3.63) is 0 Å². The van der Waals surface area contributed by atoms with Crippen molar-refractivity contribution < 1.29 is 9.59 Å². The second-order valence-electron chi connectivity index (χ2n) is 6.65. The number of carbonyl (C=O) groups is 2. The van der Waals surface area contributed by atoms with Gasteiger partial charge >= 0.3 is 0 Å². The fourth-order valence-electron chi connectivity index (χ4n) is 3.72. The summed E-state index contributed by atoms with van der Waals surface area (Å²) in [5.74, 6) is 2.79. The molecule has 0 aromatic carbocycles. The molecule has 1 heterocycles. The normalized spacial score (nSPS) is 26.0. The van der Waals surface area contributed by atoms with E-state index in [2.05, 4.69) is 18.2 Å². The van der Waals surface area contributed by atoms with Crippen molar-refractivity contribution in [3.8, 4) is 12.3 Å². The van der Waals surface area contributed by atoms with Gasteiger partial charge in [-0.15, -0.1) is 6.42 Å².